The van der Waals surface area contributed by atoms with Gasteiger partial charge >= 0.3 is 6.03 Å². The average molecular weight is 303 g/mol. The second-order valence-electron chi connectivity index (χ2n) is 6.04. The van der Waals surface area contributed by atoms with Crippen LogP contribution in [0.25, 0.3) is 0 Å². The predicted octanol–water partition coefficient (Wildman–Crippen LogP) is 1.91. The molecule has 3 N–H and O–H groups in total. The van der Waals surface area contributed by atoms with Crippen molar-refractivity contribution in [2.24, 2.45) is 11.7 Å². The average Bonchev–Trinajstić information content (AvgIpc) is 2.54. The summed E-state index contributed by atoms with van der Waals surface area (Å²) in [7, 11) is 0. The monoisotopic (exact) mass is 303 g/mol. The molecule has 5 heteroatoms. The van der Waals surface area contributed by atoms with Crippen LogP contribution in [0.3, 0.4) is 0 Å². The van der Waals surface area contributed by atoms with E-state index in [2.05, 4.69) is 17.4 Å². The number of amides is 3. The van der Waals surface area contributed by atoms with E-state index < -0.39 is 0 Å². The number of nitrogens with one attached hydrogen (secondary N) is 1. The minimum Gasteiger partial charge on any atom is -0.369 e. The van der Waals surface area contributed by atoms with E-state index in [0.717, 1.165) is 12.8 Å². The van der Waals surface area contributed by atoms with Gasteiger partial charge in [-0.3, -0.25) is 4.79 Å². The van der Waals surface area contributed by atoms with Crippen LogP contribution in [0.2, 0.25) is 0 Å². The molecule has 1 aromatic carbocycles. The van der Waals surface area contributed by atoms with Gasteiger partial charge in [-0.15, -0.1) is 0 Å². The standard InChI is InChI=1S/C17H25N3O2/c1-13(7-8-14-5-3-2-4-6-14)19-17(22)20-11-9-15(10-12-20)16(18)21/h2-6,13,15H,7-12H2,1H3,(H2,18,21)(H,19,22). The number of hydrogen-bond acceptors (Lipinski definition) is 2. The van der Waals surface area contributed by atoms with Crippen LogP contribution >= 0.6 is 0 Å². The maximum Gasteiger partial charge on any atom is 0.317 e. The van der Waals surface area contributed by atoms with Crippen LogP contribution in [0.15, 0.2) is 30.3 Å². The van der Waals surface area contributed by atoms with Gasteiger partial charge in [0.25, 0.3) is 0 Å². The Kier molecular flexibility index (Phi) is 5.81. The van der Waals surface area contributed by atoms with Gasteiger partial charge in [0, 0.05) is 25.0 Å². The molecular weight excluding hydrogens is 278 g/mol. The van der Waals surface area contributed by atoms with Gasteiger partial charge in [0.2, 0.25) is 5.91 Å². The van der Waals surface area contributed by atoms with E-state index in [1.54, 1.807) is 4.90 Å². The Labute approximate surface area is 131 Å². The Hall–Kier alpha value is -2.04. The molecule has 1 fully saturated rings. The molecule has 3 amide bonds. The lowest BCUT2D eigenvalue weighted by Gasteiger charge is -2.31. The molecule has 1 aromatic rings. The Morgan fingerprint density at radius 2 is 1.91 bits per heavy atom. The molecule has 5 nitrogen and oxygen atoms in total. The first-order chi connectivity index (χ1) is 10.6. The van der Waals surface area contributed by atoms with Crippen molar-refractivity contribution in [2.45, 2.75) is 38.6 Å². The highest BCUT2D eigenvalue weighted by Crippen LogP contribution is 2.16. The van der Waals surface area contributed by atoms with Crippen molar-refractivity contribution in [1.29, 1.82) is 0 Å². The number of benzene rings is 1. The summed E-state index contributed by atoms with van der Waals surface area (Å²) in [5.74, 6) is -0.337. The van der Waals surface area contributed by atoms with E-state index >= 15 is 0 Å². The summed E-state index contributed by atoms with van der Waals surface area (Å²) >= 11 is 0. The van der Waals surface area contributed by atoms with Crippen molar-refractivity contribution in [2.75, 3.05) is 13.1 Å². The van der Waals surface area contributed by atoms with Crippen molar-refractivity contribution >= 4 is 11.9 Å². The van der Waals surface area contributed by atoms with E-state index in [9.17, 15) is 9.59 Å². The summed E-state index contributed by atoms with van der Waals surface area (Å²) in [6.07, 6.45) is 3.20. The van der Waals surface area contributed by atoms with Gasteiger partial charge < -0.3 is 16.0 Å². The molecule has 22 heavy (non-hydrogen) atoms. The zero-order valence-electron chi connectivity index (χ0n) is 13.1. The van der Waals surface area contributed by atoms with Crippen LogP contribution in [0.5, 0.6) is 0 Å². The SMILES string of the molecule is CC(CCc1ccccc1)NC(=O)N1CCC(C(N)=O)CC1. The number of likely N-dealkylation sites (tertiary alicyclic amines) is 1. The molecule has 120 valence electrons. The molecule has 1 saturated heterocycles. The van der Waals surface area contributed by atoms with Crippen molar-refractivity contribution in [1.82, 2.24) is 10.2 Å². The molecule has 1 unspecified atom stereocenters. The van der Waals surface area contributed by atoms with Crippen molar-refractivity contribution in [3.05, 3.63) is 35.9 Å². The molecule has 0 spiro atoms. The maximum atomic E-state index is 12.2. The van der Waals surface area contributed by atoms with Gasteiger partial charge in [-0.05, 0) is 38.2 Å². The van der Waals surface area contributed by atoms with Crippen LogP contribution in [0, 0.1) is 5.92 Å². The molecule has 0 saturated carbocycles. The molecule has 1 aliphatic rings. The summed E-state index contributed by atoms with van der Waals surface area (Å²) in [5.41, 5.74) is 6.59. The van der Waals surface area contributed by atoms with E-state index in [-0.39, 0.29) is 23.9 Å². The number of primary amides is 1. The number of rotatable bonds is 5. The third-order valence-corrected chi connectivity index (χ3v) is 4.26. The minimum atomic E-state index is -0.253. The Bertz CT molecular complexity index is 496. The predicted molar refractivity (Wildman–Crippen MR) is 86.2 cm³/mol. The lowest BCUT2D eigenvalue weighted by Crippen LogP contribution is -2.48. The molecule has 1 heterocycles. The van der Waals surface area contributed by atoms with Gasteiger partial charge in [0.05, 0.1) is 0 Å². The highest BCUT2D eigenvalue weighted by atomic mass is 16.2. The molecule has 2 rings (SSSR count). The second-order valence-corrected chi connectivity index (χ2v) is 6.04. The Balaban J connectivity index is 1.71. The third-order valence-electron chi connectivity index (χ3n) is 4.26. The molecule has 1 atom stereocenters. The molecule has 0 radical (unpaired) electrons. The first-order valence-corrected chi connectivity index (χ1v) is 7.95. The van der Waals surface area contributed by atoms with Crippen molar-refractivity contribution in [3.63, 3.8) is 0 Å². The zero-order chi connectivity index (χ0) is 15.9. The number of carbonyl (C=O) groups is 2. The molecular formula is C17H25N3O2. The van der Waals surface area contributed by atoms with Gasteiger partial charge in [-0.2, -0.15) is 0 Å². The summed E-state index contributed by atoms with van der Waals surface area (Å²) < 4.78 is 0. The third kappa shape index (κ3) is 4.76. The number of aryl methyl sites for hydroxylation is 1. The van der Waals surface area contributed by atoms with Gasteiger partial charge in [0.15, 0.2) is 0 Å². The Morgan fingerprint density at radius 1 is 1.27 bits per heavy atom. The summed E-state index contributed by atoms with van der Waals surface area (Å²) in [6.45, 7) is 3.23. The fourth-order valence-electron chi connectivity index (χ4n) is 2.77. The van der Waals surface area contributed by atoms with E-state index in [0.29, 0.717) is 25.9 Å². The molecule has 1 aliphatic heterocycles. The quantitative estimate of drug-likeness (QED) is 0.872. The van der Waals surface area contributed by atoms with E-state index in [1.165, 1.54) is 5.56 Å². The van der Waals surface area contributed by atoms with Crippen LogP contribution in [-0.4, -0.2) is 36.0 Å². The zero-order valence-corrected chi connectivity index (χ0v) is 13.1. The number of urea groups is 1. The number of piperidine rings is 1. The van der Waals surface area contributed by atoms with Gasteiger partial charge in [0.1, 0.15) is 0 Å². The summed E-state index contributed by atoms with van der Waals surface area (Å²) in [5, 5.41) is 3.03. The molecule has 0 aromatic heterocycles. The fraction of sp³-hybridized carbons (Fsp3) is 0.529. The topological polar surface area (TPSA) is 75.4 Å². The Morgan fingerprint density at radius 3 is 2.50 bits per heavy atom. The van der Waals surface area contributed by atoms with Crippen LogP contribution in [0.1, 0.15) is 31.7 Å². The summed E-state index contributed by atoms with van der Waals surface area (Å²) in [6, 6.07) is 10.4. The summed E-state index contributed by atoms with van der Waals surface area (Å²) in [4.78, 5) is 25.1. The number of nitrogens with zero attached hydrogens (tertiary/aromatic N) is 1. The first-order valence-electron chi connectivity index (χ1n) is 7.95. The normalized spacial score (nSPS) is 17.0. The van der Waals surface area contributed by atoms with Gasteiger partial charge in [-0.25, -0.2) is 4.79 Å². The smallest absolute Gasteiger partial charge is 0.317 e. The first kappa shape index (κ1) is 16.3. The number of nitrogens with two attached hydrogens (primary N) is 1. The van der Waals surface area contributed by atoms with E-state index in [1.807, 2.05) is 25.1 Å². The van der Waals surface area contributed by atoms with E-state index in [4.69, 9.17) is 5.73 Å². The molecule has 0 bridgehead atoms. The minimum absolute atomic E-state index is 0.0384. The van der Waals surface area contributed by atoms with Crippen LogP contribution < -0.4 is 11.1 Å². The molecule has 0 aliphatic carbocycles. The number of hydrogen-bond donors (Lipinski definition) is 2. The highest BCUT2D eigenvalue weighted by molar-refractivity contribution is 5.78. The van der Waals surface area contributed by atoms with Crippen LogP contribution in [-0.2, 0) is 11.2 Å². The van der Waals surface area contributed by atoms with Gasteiger partial charge in [-0.1, -0.05) is 30.3 Å². The van der Waals surface area contributed by atoms with Crippen molar-refractivity contribution < 1.29 is 9.59 Å². The fourth-order valence-corrected chi connectivity index (χ4v) is 2.77. The lowest BCUT2D eigenvalue weighted by molar-refractivity contribution is -0.123. The van der Waals surface area contributed by atoms with Crippen molar-refractivity contribution in [3.8, 4) is 0 Å². The second kappa shape index (κ2) is 7.82. The maximum absolute atomic E-state index is 12.2. The highest BCUT2D eigenvalue weighted by Gasteiger charge is 2.26. The lowest BCUT2D eigenvalue weighted by atomic mass is 9.96. The largest absolute Gasteiger partial charge is 0.369 e. The van der Waals surface area contributed by atoms with Crippen LogP contribution in [0.4, 0.5) is 4.79 Å². The number of carbonyl (C=O) groups excluding carboxylic acids is 2.